The van der Waals surface area contributed by atoms with Crippen molar-refractivity contribution in [3.05, 3.63) is 11.8 Å². The van der Waals surface area contributed by atoms with Gasteiger partial charge in [-0.2, -0.15) is 0 Å². The summed E-state index contributed by atoms with van der Waals surface area (Å²) in [6.07, 6.45) is 15.8. The van der Waals surface area contributed by atoms with E-state index in [1.165, 1.54) is 44.9 Å². The maximum Gasteiger partial charge on any atom is 0.415 e. The van der Waals surface area contributed by atoms with Gasteiger partial charge in [-0.1, -0.05) is 71.6 Å². The van der Waals surface area contributed by atoms with E-state index in [0.717, 1.165) is 44.1 Å². The first-order chi connectivity index (χ1) is 14.2. The molecule has 1 rings (SSSR count). The summed E-state index contributed by atoms with van der Waals surface area (Å²) in [7, 11) is 0. The van der Waals surface area contributed by atoms with Crippen LogP contribution in [0.15, 0.2) is 11.8 Å². The Balaban J connectivity index is 2.84. The predicted molar refractivity (Wildman–Crippen MR) is 126 cm³/mol. The van der Waals surface area contributed by atoms with Crippen molar-refractivity contribution in [2.24, 2.45) is 5.41 Å². The predicted octanol–water partition coefficient (Wildman–Crippen LogP) is 7.60. The Hall–Kier alpha value is -1.03. The number of hydrogen-bond donors (Lipinski definition) is 1. The lowest BCUT2D eigenvalue weighted by molar-refractivity contribution is 0.0378. The lowest BCUT2D eigenvalue weighted by Gasteiger charge is -2.39. The van der Waals surface area contributed by atoms with E-state index in [1.54, 1.807) is 11.2 Å². The minimum atomic E-state index is -0.377. The highest BCUT2D eigenvalue weighted by atomic mass is 16.5. The zero-order valence-corrected chi connectivity index (χ0v) is 20.7. The summed E-state index contributed by atoms with van der Waals surface area (Å²) in [6.45, 7) is 12.5. The van der Waals surface area contributed by atoms with Gasteiger partial charge in [-0.15, -0.1) is 0 Å². The quantitative estimate of drug-likeness (QED) is 0.275. The van der Waals surface area contributed by atoms with E-state index < -0.39 is 0 Å². The van der Waals surface area contributed by atoms with Crippen LogP contribution in [0.1, 0.15) is 125 Å². The summed E-state index contributed by atoms with van der Waals surface area (Å²) in [5.41, 5.74) is 0.812. The summed E-state index contributed by atoms with van der Waals surface area (Å²) < 4.78 is 5.69. The molecule has 0 aromatic carbocycles. The Morgan fingerprint density at radius 2 is 1.63 bits per heavy atom. The van der Waals surface area contributed by atoms with E-state index in [4.69, 9.17) is 4.74 Å². The number of aliphatic hydroxyl groups is 1. The topological polar surface area (TPSA) is 49.8 Å². The highest BCUT2D eigenvalue weighted by Gasteiger charge is 2.37. The van der Waals surface area contributed by atoms with Gasteiger partial charge in [0.1, 0.15) is 0 Å². The lowest BCUT2D eigenvalue weighted by atomic mass is 9.69. The van der Waals surface area contributed by atoms with Crippen molar-refractivity contribution < 1.29 is 14.6 Å². The molecular formula is C26H49NO3. The number of hydrogen-bond acceptors (Lipinski definition) is 3. The normalized spacial score (nSPS) is 22.8. The summed E-state index contributed by atoms with van der Waals surface area (Å²) >= 11 is 0. The third-order valence-corrected chi connectivity index (χ3v) is 6.82. The molecule has 0 spiro atoms. The number of amides is 1. The van der Waals surface area contributed by atoms with E-state index >= 15 is 0 Å². The van der Waals surface area contributed by atoms with E-state index in [1.807, 2.05) is 27.7 Å². The second kappa shape index (κ2) is 14.1. The van der Waals surface area contributed by atoms with Crippen molar-refractivity contribution in [3.63, 3.8) is 0 Å². The second-order valence-corrected chi connectivity index (χ2v) is 10.0. The first kappa shape index (κ1) is 27.0. The number of nitrogens with zero attached hydrogens (tertiary/aromatic N) is 1. The van der Waals surface area contributed by atoms with Crippen LogP contribution in [0.3, 0.4) is 0 Å². The molecule has 1 fully saturated rings. The summed E-state index contributed by atoms with van der Waals surface area (Å²) in [4.78, 5) is 14.5. The van der Waals surface area contributed by atoms with Gasteiger partial charge in [-0.05, 0) is 59.0 Å². The Kier molecular flexibility index (Phi) is 12.7. The first-order valence-electron chi connectivity index (χ1n) is 12.6. The molecule has 0 saturated heterocycles. The first-order valence-corrected chi connectivity index (χ1v) is 12.6. The minimum Gasteiger partial charge on any atom is -0.418 e. The number of carbonyl (C=O) groups is 1. The molecule has 0 heterocycles. The Morgan fingerprint density at radius 3 is 2.27 bits per heavy atom. The van der Waals surface area contributed by atoms with Crippen LogP contribution in [0.4, 0.5) is 4.79 Å². The van der Waals surface area contributed by atoms with Gasteiger partial charge in [0, 0.05) is 17.5 Å². The van der Waals surface area contributed by atoms with Crippen LogP contribution >= 0.6 is 0 Å². The molecule has 0 aliphatic heterocycles. The standard InChI is InChI=1S/C26H49NO3/c1-7-8-9-10-11-15-18-24(28)26(6)19-16-13-12-14-17-23(26)20-30-25(29)27(21(2)3)22(4)5/h20-22,24,28H,7-19H2,1-6H3/b23-20+/t24-,26+/m1/s1. The van der Waals surface area contributed by atoms with E-state index in [0.29, 0.717) is 0 Å². The van der Waals surface area contributed by atoms with Gasteiger partial charge in [0.15, 0.2) is 0 Å². The molecule has 4 nitrogen and oxygen atoms in total. The van der Waals surface area contributed by atoms with Crippen molar-refractivity contribution in [1.29, 1.82) is 0 Å². The molecule has 1 aliphatic rings. The van der Waals surface area contributed by atoms with E-state index in [-0.39, 0.29) is 29.7 Å². The highest BCUT2D eigenvalue weighted by molar-refractivity contribution is 5.69. The molecule has 0 bridgehead atoms. The molecular weight excluding hydrogens is 374 g/mol. The molecule has 1 N–H and O–H groups in total. The molecule has 4 heteroatoms. The van der Waals surface area contributed by atoms with Crippen LogP contribution in [0.2, 0.25) is 0 Å². The van der Waals surface area contributed by atoms with Gasteiger partial charge in [0.2, 0.25) is 0 Å². The van der Waals surface area contributed by atoms with Crippen LogP contribution in [0.25, 0.3) is 0 Å². The largest absolute Gasteiger partial charge is 0.418 e. The van der Waals surface area contributed by atoms with Crippen LogP contribution in [-0.2, 0) is 4.74 Å². The summed E-state index contributed by atoms with van der Waals surface area (Å²) in [6, 6.07) is 0.191. The third kappa shape index (κ3) is 8.61. The molecule has 176 valence electrons. The van der Waals surface area contributed by atoms with Gasteiger partial charge in [-0.3, -0.25) is 0 Å². The molecule has 0 aromatic rings. The maximum absolute atomic E-state index is 12.7. The SMILES string of the molecule is CCCCCCCC[C@@H](O)[C@@]1(C)CCCCCC/C1=C\OC(=O)N(C(C)C)C(C)C. The van der Waals surface area contributed by atoms with Crippen molar-refractivity contribution >= 4 is 6.09 Å². The molecule has 2 atom stereocenters. The van der Waals surface area contributed by atoms with Crippen molar-refractivity contribution in [2.45, 2.75) is 143 Å². The van der Waals surface area contributed by atoms with Gasteiger partial charge in [-0.25, -0.2) is 4.79 Å². The number of carbonyl (C=O) groups excluding carboxylic acids is 1. The van der Waals surface area contributed by atoms with Crippen LogP contribution in [-0.4, -0.2) is 34.3 Å². The van der Waals surface area contributed by atoms with Gasteiger partial charge >= 0.3 is 6.09 Å². The van der Waals surface area contributed by atoms with Crippen molar-refractivity contribution in [3.8, 4) is 0 Å². The number of ether oxygens (including phenoxy) is 1. The van der Waals surface area contributed by atoms with Gasteiger partial charge in [0.25, 0.3) is 0 Å². The van der Waals surface area contributed by atoms with E-state index in [2.05, 4.69) is 13.8 Å². The molecule has 0 radical (unpaired) electrons. The van der Waals surface area contributed by atoms with Gasteiger partial charge < -0.3 is 14.7 Å². The zero-order valence-electron chi connectivity index (χ0n) is 20.7. The average molecular weight is 424 g/mol. The number of unbranched alkanes of at least 4 members (excludes halogenated alkanes) is 5. The van der Waals surface area contributed by atoms with E-state index in [9.17, 15) is 9.90 Å². The molecule has 0 unspecified atom stereocenters. The summed E-state index contributed by atoms with van der Waals surface area (Å²) in [5.74, 6) is 0. The molecule has 1 saturated carbocycles. The fourth-order valence-corrected chi connectivity index (χ4v) is 4.82. The zero-order chi connectivity index (χ0) is 22.6. The number of aliphatic hydroxyl groups excluding tert-OH is 1. The molecule has 1 aliphatic carbocycles. The fraction of sp³-hybridized carbons (Fsp3) is 0.885. The lowest BCUT2D eigenvalue weighted by Crippen LogP contribution is -2.42. The molecule has 1 amide bonds. The third-order valence-electron chi connectivity index (χ3n) is 6.82. The van der Waals surface area contributed by atoms with Crippen molar-refractivity contribution in [2.75, 3.05) is 0 Å². The Morgan fingerprint density at radius 1 is 1.03 bits per heavy atom. The smallest absolute Gasteiger partial charge is 0.415 e. The molecule has 0 aromatic heterocycles. The average Bonchev–Trinajstić information content (AvgIpc) is 2.66. The fourth-order valence-electron chi connectivity index (χ4n) is 4.82. The second-order valence-electron chi connectivity index (χ2n) is 10.0. The van der Waals surface area contributed by atoms with Crippen LogP contribution in [0, 0.1) is 5.41 Å². The Labute approximate surface area is 186 Å². The summed E-state index contributed by atoms with van der Waals surface area (Å²) in [5, 5.41) is 11.2. The molecule has 30 heavy (non-hydrogen) atoms. The highest BCUT2D eigenvalue weighted by Crippen LogP contribution is 2.43. The van der Waals surface area contributed by atoms with Gasteiger partial charge in [0.05, 0.1) is 12.4 Å². The Bertz CT molecular complexity index is 506. The minimum absolute atomic E-state index is 0.0953. The maximum atomic E-state index is 12.7. The van der Waals surface area contributed by atoms with Crippen LogP contribution < -0.4 is 0 Å². The monoisotopic (exact) mass is 423 g/mol. The number of rotatable bonds is 11. The van der Waals surface area contributed by atoms with Crippen LogP contribution in [0.5, 0.6) is 0 Å². The van der Waals surface area contributed by atoms with Crippen molar-refractivity contribution in [1.82, 2.24) is 4.90 Å².